The molecular formula is C8H6N4OS. The zero-order valence-corrected chi connectivity index (χ0v) is 7.86. The van der Waals surface area contributed by atoms with Crippen molar-refractivity contribution in [2.45, 2.75) is 0 Å². The molecular weight excluding hydrogens is 200 g/mol. The number of rotatable bonds is 2. The van der Waals surface area contributed by atoms with Gasteiger partial charge in [0.05, 0.1) is 9.75 Å². The van der Waals surface area contributed by atoms with Gasteiger partial charge >= 0.3 is 0 Å². The van der Waals surface area contributed by atoms with Crippen LogP contribution in [0.4, 0.5) is 0 Å². The fourth-order valence-corrected chi connectivity index (χ4v) is 1.76. The van der Waals surface area contributed by atoms with E-state index in [1.807, 2.05) is 0 Å². The van der Waals surface area contributed by atoms with Crippen LogP contribution < -0.4 is 5.73 Å². The van der Waals surface area contributed by atoms with Crippen LogP contribution in [0.1, 0.15) is 9.67 Å². The molecule has 2 aromatic heterocycles. The lowest BCUT2D eigenvalue weighted by atomic mass is 10.4. The molecule has 0 spiro atoms. The van der Waals surface area contributed by atoms with Crippen LogP contribution in [0.5, 0.6) is 0 Å². The summed E-state index contributed by atoms with van der Waals surface area (Å²) in [5.41, 5.74) is 5.12. The predicted molar refractivity (Wildman–Crippen MR) is 51.7 cm³/mol. The van der Waals surface area contributed by atoms with Crippen LogP contribution in [-0.4, -0.2) is 20.9 Å². The number of thiophene rings is 1. The normalized spacial score (nSPS) is 10.0. The van der Waals surface area contributed by atoms with Crippen molar-refractivity contribution in [1.29, 1.82) is 0 Å². The van der Waals surface area contributed by atoms with Crippen molar-refractivity contribution in [2.24, 2.45) is 5.73 Å². The second-order valence-electron chi connectivity index (χ2n) is 2.49. The average molecular weight is 206 g/mol. The molecule has 2 rings (SSSR count). The van der Waals surface area contributed by atoms with Crippen molar-refractivity contribution < 1.29 is 4.79 Å². The van der Waals surface area contributed by atoms with E-state index in [4.69, 9.17) is 5.73 Å². The van der Waals surface area contributed by atoms with Crippen LogP contribution in [0.15, 0.2) is 24.8 Å². The smallest absolute Gasteiger partial charge is 0.258 e. The molecule has 0 bridgehead atoms. The van der Waals surface area contributed by atoms with E-state index in [0.29, 0.717) is 10.7 Å². The molecule has 0 atom stereocenters. The van der Waals surface area contributed by atoms with Gasteiger partial charge in [-0.05, 0) is 12.1 Å². The molecule has 0 unspecified atom stereocenters. The van der Waals surface area contributed by atoms with E-state index < -0.39 is 5.91 Å². The van der Waals surface area contributed by atoms with E-state index in [0.717, 1.165) is 4.88 Å². The molecule has 1 amide bonds. The molecule has 0 saturated carbocycles. The minimum atomic E-state index is -0.435. The topological polar surface area (TPSA) is 81.8 Å². The Morgan fingerprint density at radius 3 is 2.57 bits per heavy atom. The van der Waals surface area contributed by atoms with Gasteiger partial charge in [-0.3, -0.25) is 4.79 Å². The molecule has 5 nitrogen and oxygen atoms in total. The van der Waals surface area contributed by atoms with Crippen LogP contribution in [0, 0.1) is 0 Å². The van der Waals surface area contributed by atoms with Gasteiger partial charge in [0.15, 0.2) is 5.82 Å². The molecule has 0 aliphatic rings. The molecule has 0 aliphatic carbocycles. The van der Waals surface area contributed by atoms with E-state index in [1.54, 1.807) is 12.1 Å². The van der Waals surface area contributed by atoms with Crippen molar-refractivity contribution in [3.63, 3.8) is 0 Å². The van der Waals surface area contributed by atoms with Gasteiger partial charge < -0.3 is 5.73 Å². The summed E-state index contributed by atoms with van der Waals surface area (Å²) in [6, 6.07) is 3.42. The molecule has 6 heteroatoms. The van der Waals surface area contributed by atoms with Gasteiger partial charge in [0.25, 0.3) is 5.91 Å². The first kappa shape index (κ1) is 8.76. The number of amides is 1. The first-order chi connectivity index (χ1) is 6.77. The fourth-order valence-electron chi connectivity index (χ4n) is 0.957. The van der Waals surface area contributed by atoms with Crippen LogP contribution >= 0.6 is 11.3 Å². The number of primary amides is 1. The minimum absolute atomic E-state index is 0.435. The van der Waals surface area contributed by atoms with E-state index >= 15 is 0 Å². The zero-order chi connectivity index (χ0) is 9.97. The molecule has 14 heavy (non-hydrogen) atoms. The second-order valence-corrected chi connectivity index (χ2v) is 3.57. The molecule has 0 radical (unpaired) electrons. The Morgan fingerprint density at radius 1 is 1.29 bits per heavy atom. The SMILES string of the molecule is NC(=O)c1ccc(-c2ncncn2)s1. The Balaban J connectivity index is 2.39. The quantitative estimate of drug-likeness (QED) is 0.784. The number of carbonyl (C=O) groups excluding carboxylic acids is 1. The molecule has 70 valence electrons. The van der Waals surface area contributed by atoms with Gasteiger partial charge in [0.1, 0.15) is 12.7 Å². The number of nitrogens with zero attached hydrogens (tertiary/aromatic N) is 3. The van der Waals surface area contributed by atoms with E-state index in [2.05, 4.69) is 15.0 Å². The number of carbonyl (C=O) groups is 1. The van der Waals surface area contributed by atoms with E-state index in [-0.39, 0.29) is 0 Å². The summed E-state index contributed by atoms with van der Waals surface area (Å²) < 4.78 is 0. The summed E-state index contributed by atoms with van der Waals surface area (Å²) >= 11 is 1.27. The summed E-state index contributed by atoms with van der Waals surface area (Å²) in [6.45, 7) is 0. The highest BCUT2D eigenvalue weighted by Gasteiger charge is 2.07. The Morgan fingerprint density at radius 2 is 2.00 bits per heavy atom. The third-order valence-corrected chi connectivity index (χ3v) is 2.66. The second kappa shape index (κ2) is 3.51. The highest BCUT2D eigenvalue weighted by Crippen LogP contribution is 2.23. The van der Waals surface area contributed by atoms with Gasteiger partial charge in [-0.2, -0.15) is 0 Å². The first-order valence-electron chi connectivity index (χ1n) is 3.79. The van der Waals surface area contributed by atoms with Gasteiger partial charge in [-0.15, -0.1) is 11.3 Å². The maximum Gasteiger partial charge on any atom is 0.258 e. The number of hydrogen-bond donors (Lipinski definition) is 1. The zero-order valence-electron chi connectivity index (χ0n) is 7.04. The summed E-state index contributed by atoms with van der Waals surface area (Å²) in [4.78, 5) is 23.8. The minimum Gasteiger partial charge on any atom is -0.365 e. The van der Waals surface area contributed by atoms with Crippen molar-refractivity contribution in [3.8, 4) is 10.7 Å². The maximum absolute atomic E-state index is 10.8. The van der Waals surface area contributed by atoms with Gasteiger partial charge in [0.2, 0.25) is 0 Å². The monoisotopic (exact) mass is 206 g/mol. The maximum atomic E-state index is 10.8. The van der Waals surface area contributed by atoms with Gasteiger partial charge in [-0.1, -0.05) is 0 Å². The van der Waals surface area contributed by atoms with E-state index in [1.165, 1.54) is 24.0 Å². The molecule has 0 fully saturated rings. The lowest BCUT2D eigenvalue weighted by molar-refractivity contribution is 0.100. The van der Waals surface area contributed by atoms with Crippen molar-refractivity contribution >= 4 is 17.2 Å². The van der Waals surface area contributed by atoms with Crippen molar-refractivity contribution in [1.82, 2.24) is 15.0 Å². The van der Waals surface area contributed by atoms with Crippen LogP contribution in [-0.2, 0) is 0 Å². The Labute approximate surface area is 83.7 Å². The molecule has 0 aromatic carbocycles. The summed E-state index contributed by atoms with van der Waals surface area (Å²) in [5, 5.41) is 0. The number of nitrogens with two attached hydrogens (primary N) is 1. The molecule has 0 saturated heterocycles. The van der Waals surface area contributed by atoms with Gasteiger partial charge in [-0.25, -0.2) is 15.0 Å². The third-order valence-electron chi connectivity index (χ3n) is 1.56. The Hall–Kier alpha value is -1.82. The summed E-state index contributed by atoms with van der Waals surface area (Å²) in [6.07, 6.45) is 2.82. The highest BCUT2D eigenvalue weighted by molar-refractivity contribution is 7.17. The fraction of sp³-hybridized carbons (Fsp3) is 0. The largest absolute Gasteiger partial charge is 0.365 e. The first-order valence-corrected chi connectivity index (χ1v) is 4.61. The Kier molecular flexibility index (Phi) is 2.19. The molecule has 2 aromatic rings. The number of aromatic nitrogens is 3. The van der Waals surface area contributed by atoms with Crippen LogP contribution in [0.25, 0.3) is 10.7 Å². The number of hydrogen-bond acceptors (Lipinski definition) is 5. The highest BCUT2D eigenvalue weighted by atomic mass is 32.1. The van der Waals surface area contributed by atoms with Crippen LogP contribution in [0.3, 0.4) is 0 Å². The molecule has 0 aliphatic heterocycles. The summed E-state index contributed by atoms with van der Waals surface area (Å²) in [5.74, 6) is 0.118. The van der Waals surface area contributed by atoms with E-state index in [9.17, 15) is 4.79 Å². The van der Waals surface area contributed by atoms with Crippen molar-refractivity contribution in [3.05, 3.63) is 29.7 Å². The lowest BCUT2D eigenvalue weighted by Gasteiger charge is -1.91. The van der Waals surface area contributed by atoms with Gasteiger partial charge in [0, 0.05) is 0 Å². The lowest BCUT2D eigenvalue weighted by Crippen LogP contribution is -2.07. The molecule has 2 N–H and O–H groups in total. The van der Waals surface area contributed by atoms with Crippen LogP contribution in [0.2, 0.25) is 0 Å². The average Bonchev–Trinajstić information content (AvgIpc) is 2.68. The summed E-state index contributed by atoms with van der Waals surface area (Å²) in [7, 11) is 0. The standard InChI is InChI=1S/C8H6N4OS/c9-7(13)5-1-2-6(14-5)8-11-3-10-4-12-8/h1-4H,(H2,9,13). The Bertz CT molecular complexity index is 453. The predicted octanol–water partition coefficient (Wildman–Crippen LogP) is 0.699. The third kappa shape index (κ3) is 1.60. The van der Waals surface area contributed by atoms with Crippen molar-refractivity contribution in [2.75, 3.05) is 0 Å². The molecule has 2 heterocycles.